The van der Waals surface area contributed by atoms with Gasteiger partial charge in [0.1, 0.15) is 0 Å². The van der Waals surface area contributed by atoms with E-state index >= 15 is 0 Å². The monoisotopic (exact) mass is 239 g/mol. The van der Waals surface area contributed by atoms with Crippen LogP contribution in [0.3, 0.4) is 0 Å². The van der Waals surface area contributed by atoms with Crippen LogP contribution in [0.2, 0.25) is 0 Å². The first kappa shape index (κ1) is 12.1. The van der Waals surface area contributed by atoms with Gasteiger partial charge in [0.15, 0.2) is 0 Å². The van der Waals surface area contributed by atoms with Crippen molar-refractivity contribution in [2.24, 2.45) is 0 Å². The molecule has 2 atom stereocenters. The van der Waals surface area contributed by atoms with Gasteiger partial charge in [-0.15, -0.1) is 11.3 Å². The smallest absolute Gasteiger partial charge is 0.0587 e. The van der Waals surface area contributed by atoms with E-state index in [0.29, 0.717) is 12.1 Å². The quantitative estimate of drug-likeness (QED) is 0.871. The van der Waals surface area contributed by atoms with Gasteiger partial charge in [0, 0.05) is 28.9 Å². The van der Waals surface area contributed by atoms with Crippen molar-refractivity contribution in [3.05, 3.63) is 21.9 Å². The largest absolute Gasteiger partial charge is 0.378 e. The molecule has 0 spiro atoms. The van der Waals surface area contributed by atoms with E-state index < -0.39 is 0 Å². The van der Waals surface area contributed by atoms with Crippen LogP contribution in [0.4, 0.5) is 0 Å². The fourth-order valence-electron chi connectivity index (χ4n) is 2.18. The molecule has 1 fully saturated rings. The molecule has 1 aliphatic rings. The third kappa shape index (κ3) is 3.30. The van der Waals surface area contributed by atoms with E-state index in [0.717, 1.165) is 26.0 Å². The zero-order chi connectivity index (χ0) is 11.4. The molecule has 2 nitrogen and oxygen atoms in total. The van der Waals surface area contributed by atoms with Crippen molar-refractivity contribution in [3.63, 3.8) is 0 Å². The summed E-state index contributed by atoms with van der Waals surface area (Å²) in [5.74, 6) is 0. The minimum atomic E-state index is 0.469. The number of ether oxygens (including phenoxy) is 1. The van der Waals surface area contributed by atoms with Gasteiger partial charge < -0.3 is 10.1 Å². The van der Waals surface area contributed by atoms with Crippen molar-refractivity contribution >= 4 is 11.3 Å². The van der Waals surface area contributed by atoms with E-state index in [2.05, 4.69) is 31.3 Å². The molecule has 16 heavy (non-hydrogen) atoms. The van der Waals surface area contributed by atoms with Gasteiger partial charge in [0.25, 0.3) is 0 Å². The lowest BCUT2D eigenvalue weighted by molar-refractivity contribution is -0.000275. The van der Waals surface area contributed by atoms with Crippen molar-refractivity contribution < 1.29 is 4.74 Å². The molecule has 0 aromatic carbocycles. The number of hydrogen-bond donors (Lipinski definition) is 1. The fraction of sp³-hybridized carbons (Fsp3) is 0.692. The highest BCUT2D eigenvalue weighted by molar-refractivity contribution is 7.11. The highest BCUT2D eigenvalue weighted by Gasteiger charge is 2.20. The summed E-state index contributed by atoms with van der Waals surface area (Å²) in [4.78, 5) is 2.84. The van der Waals surface area contributed by atoms with Crippen molar-refractivity contribution in [1.29, 1.82) is 0 Å². The maximum Gasteiger partial charge on any atom is 0.0587 e. The SMILES string of the molecule is CCC1CC(NCc2ccc(C)s2)CCO1. The Morgan fingerprint density at radius 2 is 2.38 bits per heavy atom. The predicted octanol–water partition coefficient (Wildman–Crippen LogP) is 3.10. The minimum absolute atomic E-state index is 0.469. The van der Waals surface area contributed by atoms with Crippen molar-refractivity contribution in [2.75, 3.05) is 6.61 Å². The molecule has 1 aromatic rings. The zero-order valence-electron chi connectivity index (χ0n) is 10.2. The highest BCUT2D eigenvalue weighted by Crippen LogP contribution is 2.18. The molecule has 3 heteroatoms. The van der Waals surface area contributed by atoms with Gasteiger partial charge >= 0.3 is 0 Å². The second-order valence-electron chi connectivity index (χ2n) is 4.52. The van der Waals surface area contributed by atoms with Gasteiger partial charge in [-0.05, 0) is 38.3 Å². The number of hydrogen-bond acceptors (Lipinski definition) is 3. The minimum Gasteiger partial charge on any atom is -0.378 e. The average Bonchev–Trinajstić information content (AvgIpc) is 2.73. The number of thiophene rings is 1. The standard InChI is InChI=1S/C13H21NOS/c1-3-12-8-11(6-7-15-12)14-9-13-5-4-10(2)16-13/h4-5,11-12,14H,3,6-9H2,1-2H3. The van der Waals surface area contributed by atoms with Crippen LogP contribution in [0.15, 0.2) is 12.1 Å². The first-order valence-electron chi connectivity index (χ1n) is 6.18. The first-order valence-corrected chi connectivity index (χ1v) is 7.00. The van der Waals surface area contributed by atoms with Crippen LogP contribution >= 0.6 is 11.3 Å². The maximum absolute atomic E-state index is 5.68. The third-order valence-corrected chi connectivity index (χ3v) is 4.18. The molecule has 1 N–H and O–H groups in total. The second-order valence-corrected chi connectivity index (χ2v) is 5.89. The van der Waals surface area contributed by atoms with Crippen LogP contribution in [-0.4, -0.2) is 18.8 Å². The van der Waals surface area contributed by atoms with Crippen LogP contribution in [-0.2, 0) is 11.3 Å². The molecule has 0 radical (unpaired) electrons. The van der Waals surface area contributed by atoms with Gasteiger partial charge in [-0.25, -0.2) is 0 Å². The van der Waals surface area contributed by atoms with Gasteiger partial charge in [-0.1, -0.05) is 6.92 Å². The van der Waals surface area contributed by atoms with Crippen LogP contribution in [0, 0.1) is 6.92 Å². The number of rotatable bonds is 4. The fourth-order valence-corrected chi connectivity index (χ4v) is 3.02. The second kappa shape index (κ2) is 5.80. The molecule has 0 aliphatic carbocycles. The van der Waals surface area contributed by atoms with Crippen LogP contribution in [0.25, 0.3) is 0 Å². The molecule has 2 unspecified atom stereocenters. The highest BCUT2D eigenvalue weighted by atomic mass is 32.1. The number of aryl methyl sites for hydroxylation is 1. The predicted molar refractivity (Wildman–Crippen MR) is 68.9 cm³/mol. The molecule has 0 saturated carbocycles. The topological polar surface area (TPSA) is 21.3 Å². The van der Waals surface area contributed by atoms with E-state index in [1.807, 2.05) is 11.3 Å². The van der Waals surface area contributed by atoms with E-state index in [4.69, 9.17) is 4.74 Å². The maximum atomic E-state index is 5.68. The Bertz CT molecular complexity index is 323. The molecule has 1 aromatic heterocycles. The third-order valence-electron chi connectivity index (χ3n) is 3.18. The molecule has 2 rings (SSSR count). The van der Waals surface area contributed by atoms with Gasteiger partial charge in [0.05, 0.1) is 6.10 Å². The molecule has 2 heterocycles. The van der Waals surface area contributed by atoms with E-state index in [9.17, 15) is 0 Å². The Balaban J connectivity index is 1.77. The first-order chi connectivity index (χ1) is 7.78. The van der Waals surface area contributed by atoms with Crippen LogP contribution in [0.5, 0.6) is 0 Å². The molecule has 90 valence electrons. The summed E-state index contributed by atoms with van der Waals surface area (Å²) in [6.07, 6.45) is 3.93. The molecule has 1 aliphatic heterocycles. The van der Waals surface area contributed by atoms with Gasteiger partial charge in [0.2, 0.25) is 0 Å². The van der Waals surface area contributed by atoms with E-state index in [1.54, 1.807) is 0 Å². The summed E-state index contributed by atoms with van der Waals surface area (Å²) < 4.78 is 5.68. The number of nitrogens with one attached hydrogen (secondary N) is 1. The Morgan fingerprint density at radius 1 is 1.50 bits per heavy atom. The Morgan fingerprint density at radius 3 is 3.06 bits per heavy atom. The lowest BCUT2D eigenvalue weighted by atomic mass is 10.0. The van der Waals surface area contributed by atoms with Crippen LogP contribution in [0.1, 0.15) is 35.9 Å². The van der Waals surface area contributed by atoms with Crippen molar-refractivity contribution in [2.45, 2.75) is 51.8 Å². The summed E-state index contributed by atoms with van der Waals surface area (Å²) in [7, 11) is 0. The lowest BCUT2D eigenvalue weighted by Crippen LogP contribution is -2.38. The normalized spacial score (nSPS) is 25.9. The molecule has 1 saturated heterocycles. The summed E-state index contributed by atoms with van der Waals surface area (Å²) >= 11 is 1.89. The molecular weight excluding hydrogens is 218 g/mol. The van der Waals surface area contributed by atoms with E-state index in [1.165, 1.54) is 16.2 Å². The summed E-state index contributed by atoms with van der Waals surface area (Å²) in [6.45, 7) is 6.30. The van der Waals surface area contributed by atoms with Gasteiger partial charge in [-0.2, -0.15) is 0 Å². The summed E-state index contributed by atoms with van der Waals surface area (Å²) in [5, 5.41) is 3.65. The van der Waals surface area contributed by atoms with Crippen molar-refractivity contribution in [1.82, 2.24) is 5.32 Å². The Hall–Kier alpha value is -0.380. The zero-order valence-corrected chi connectivity index (χ0v) is 11.0. The summed E-state index contributed by atoms with van der Waals surface area (Å²) in [5.41, 5.74) is 0. The Kier molecular flexibility index (Phi) is 4.38. The Labute approximate surface area is 102 Å². The van der Waals surface area contributed by atoms with Gasteiger partial charge in [-0.3, -0.25) is 0 Å². The summed E-state index contributed by atoms with van der Waals surface area (Å²) in [6, 6.07) is 5.06. The van der Waals surface area contributed by atoms with Crippen LogP contribution < -0.4 is 5.32 Å². The lowest BCUT2D eigenvalue weighted by Gasteiger charge is -2.29. The van der Waals surface area contributed by atoms with E-state index in [-0.39, 0.29) is 0 Å². The average molecular weight is 239 g/mol. The molecule has 0 bridgehead atoms. The van der Waals surface area contributed by atoms with Crippen molar-refractivity contribution in [3.8, 4) is 0 Å². The molecular formula is C13H21NOS. The molecule has 0 amide bonds.